The Morgan fingerprint density at radius 1 is 0.931 bits per heavy atom. The van der Waals surface area contributed by atoms with Gasteiger partial charge in [0.15, 0.2) is 0 Å². The van der Waals surface area contributed by atoms with Crippen LogP contribution in [0.4, 0.5) is 11.4 Å². The van der Waals surface area contributed by atoms with E-state index in [-0.39, 0.29) is 0 Å². The zero-order valence-electron chi connectivity index (χ0n) is 16.3. The molecule has 0 atom stereocenters. The number of hydrogen-bond donors (Lipinski definition) is 2. The summed E-state index contributed by atoms with van der Waals surface area (Å²) in [5, 5.41) is 14.2. The number of piperazine rings is 1. The Balaban J connectivity index is 1.34. The van der Waals surface area contributed by atoms with Crippen LogP contribution in [0.15, 0.2) is 54.6 Å². The van der Waals surface area contributed by atoms with E-state index in [1.54, 1.807) is 24.3 Å². The average Bonchev–Trinajstić information content (AvgIpc) is 2.78. The molecule has 29 heavy (non-hydrogen) atoms. The van der Waals surface area contributed by atoms with Crippen LogP contribution in [0.2, 0.25) is 0 Å². The zero-order valence-corrected chi connectivity index (χ0v) is 16.3. The first kappa shape index (κ1) is 20.4. The molecular formula is C22H25N5O2. The van der Waals surface area contributed by atoms with E-state index >= 15 is 0 Å². The smallest absolute Gasteiger partial charge is 0.313 e. The van der Waals surface area contributed by atoms with Gasteiger partial charge in [0, 0.05) is 38.4 Å². The van der Waals surface area contributed by atoms with Gasteiger partial charge in [-0.05, 0) is 37.2 Å². The second-order valence-corrected chi connectivity index (χ2v) is 6.89. The summed E-state index contributed by atoms with van der Waals surface area (Å²) < 4.78 is 0. The predicted octanol–water partition coefficient (Wildman–Crippen LogP) is 1.83. The molecule has 2 N–H and O–H groups in total. The molecule has 2 aromatic carbocycles. The molecule has 0 bridgehead atoms. The molecule has 1 heterocycles. The molecule has 7 nitrogen and oxygen atoms in total. The Kier molecular flexibility index (Phi) is 7.20. The Bertz CT molecular complexity index is 870. The lowest BCUT2D eigenvalue weighted by Crippen LogP contribution is -2.47. The van der Waals surface area contributed by atoms with Crippen molar-refractivity contribution in [3.8, 4) is 6.07 Å². The van der Waals surface area contributed by atoms with Gasteiger partial charge in [-0.1, -0.05) is 30.3 Å². The zero-order chi connectivity index (χ0) is 20.5. The van der Waals surface area contributed by atoms with E-state index < -0.39 is 11.8 Å². The van der Waals surface area contributed by atoms with Gasteiger partial charge in [-0.25, -0.2) is 0 Å². The molecule has 0 saturated carbocycles. The minimum atomic E-state index is -0.760. The van der Waals surface area contributed by atoms with Gasteiger partial charge in [-0.3, -0.25) is 14.5 Å². The third-order valence-electron chi connectivity index (χ3n) is 4.93. The summed E-state index contributed by atoms with van der Waals surface area (Å²) in [4.78, 5) is 28.7. The van der Waals surface area contributed by atoms with Crippen LogP contribution < -0.4 is 15.5 Å². The van der Waals surface area contributed by atoms with Gasteiger partial charge in [0.1, 0.15) is 6.07 Å². The summed E-state index contributed by atoms with van der Waals surface area (Å²) in [7, 11) is 0. The standard InChI is InChI=1S/C22H25N5O2/c23-17-18-7-4-5-10-20(18)25-22(29)21(28)24-11-6-12-26-13-15-27(16-14-26)19-8-2-1-3-9-19/h1-5,7-10H,6,11-16H2,(H,24,28)(H,25,29). The molecule has 2 amide bonds. The quantitative estimate of drug-likeness (QED) is 0.579. The van der Waals surface area contributed by atoms with Crippen LogP contribution in [-0.2, 0) is 9.59 Å². The van der Waals surface area contributed by atoms with E-state index in [9.17, 15) is 9.59 Å². The summed E-state index contributed by atoms with van der Waals surface area (Å²) in [6.45, 7) is 5.24. The number of nitrogens with one attached hydrogen (secondary N) is 2. The Labute approximate surface area is 170 Å². The number of rotatable bonds is 6. The summed E-state index contributed by atoms with van der Waals surface area (Å²) in [5.41, 5.74) is 1.91. The summed E-state index contributed by atoms with van der Waals surface area (Å²) in [6, 6.07) is 19.0. The monoisotopic (exact) mass is 391 g/mol. The maximum absolute atomic E-state index is 12.0. The van der Waals surface area contributed by atoms with Crippen LogP contribution in [-0.4, -0.2) is 56.0 Å². The van der Waals surface area contributed by atoms with E-state index in [4.69, 9.17) is 5.26 Å². The van der Waals surface area contributed by atoms with Crippen molar-refractivity contribution < 1.29 is 9.59 Å². The van der Waals surface area contributed by atoms with Crippen molar-refractivity contribution in [3.05, 3.63) is 60.2 Å². The van der Waals surface area contributed by atoms with Crippen molar-refractivity contribution in [3.63, 3.8) is 0 Å². The van der Waals surface area contributed by atoms with Crippen molar-refractivity contribution in [2.24, 2.45) is 0 Å². The maximum Gasteiger partial charge on any atom is 0.313 e. The van der Waals surface area contributed by atoms with Gasteiger partial charge in [0.05, 0.1) is 11.3 Å². The SMILES string of the molecule is N#Cc1ccccc1NC(=O)C(=O)NCCCN1CCN(c2ccccc2)CC1. The molecule has 0 unspecified atom stereocenters. The first-order chi connectivity index (χ1) is 14.2. The lowest BCUT2D eigenvalue weighted by molar-refractivity contribution is -0.136. The van der Waals surface area contributed by atoms with Crippen LogP contribution in [0.25, 0.3) is 0 Å². The van der Waals surface area contributed by atoms with E-state index in [0.29, 0.717) is 17.8 Å². The first-order valence-corrected chi connectivity index (χ1v) is 9.78. The molecular weight excluding hydrogens is 366 g/mol. The van der Waals surface area contributed by atoms with E-state index in [2.05, 4.69) is 44.7 Å². The van der Waals surface area contributed by atoms with Crippen molar-refractivity contribution in [1.82, 2.24) is 10.2 Å². The molecule has 1 aliphatic heterocycles. The fourth-order valence-electron chi connectivity index (χ4n) is 3.32. The molecule has 1 fully saturated rings. The lowest BCUT2D eigenvalue weighted by atomic mass is 10.2. The van der Waals surface area contributed by atoms with Crippen LogP contribution in [0.5, 0.6) is 0 Å². The van der Waals surface area contributed by atoms with E-state index in [0.717, 1.165) is 39.1 Å². The molecule has 0 spiro atoms. The molecule has 150 valence electrons. The van der Waals surface area contributed by atoms with Crippen molar-refractivity contribution in [2.45, 2.75) is 6.42 Å². The number of nitriles is 1. The highest BCUT2D eigenvalue weighted by atomic mass is 16.2. The number of carbonyl (C=O) groups is 2. The van der Waals surface area contributed by atoms with Crippen LogP contribution >= 0.6 is 0 Å². The number of anilines is 2. The van der Waals surface area contributed by atoms with Crippen molar-refractivity contribution >= 4 is 23.2 Å². The number of para-hydroxylation sites is 2. The largest absolute Gasteiger partial charge is 0.369 e. The van der Waals surface area contributed by atoms with Crippen molar-refractivity contribution in [1.29, 1.82) is 5.26 Å². The summed E-state index contributed by atoms with van der Waals surface area (Å²) in [6.07, 6.45) is 0.777. The number of hydrogen-bond acceptors (Lipinski definition) is 5. The fourth-order valence-corrected chi connectivity index (χ4v) is 3.32. The lowest BCUT2D eigenvalue weighted by Gasteiger charge is -2.36. The highest BCUT2D eigenvalue weighted by molar-refractivity contribution is 6.39. The number of carbonyl (C=O) groups excluding carboxylic acids is 2. The Morgan fingerprint density at radius 3 is 2.34 bits per heavy atom. The number of benzene rings is 2. The van der Waals surface area contributed by atoms with Crippen LogP contribution in [0, 0.1) is 11.3 Å². The van der Waals surface area contributed by atoms with Gasteiger partial charge >= 0.3 is 11.8 Å². The normalized spacial score (nSPS) is 14.1. The molecule has 0 radical (unpaired) electrons. The summed E-state index contributed by atoms with van der Waals surface area (Å²) >= 11 is 0. The Morgan fingerprint density at radius 2 is 1.62 bits per heavy atom. The third-order valence-corrected chi connectivity index (χ3v) is 4.93. The molecule has 1 aliphatic rings. The minimum Gasteiger partial charge on any atom is -0.369 e. The average molecular weight is 391 g/mol. The van der Waals surface area contributed by atoms with Crippen molar-refractivity contribution in [2.75, 3.05) is 49.5 Å². The fraction of sp³-hybridized carbons (Fsp3) is 0.318. The van der Waals surface area contributed by atoms with Crippen LogP contribution in [0.3, 0.4) is 0 Å². The molecule has 1 saturated heterocycles. The van der Waals surface area contributed by atoms with Gasteiger partial charge < -0.3 is 15.5 Å². The molecule has 7 heteroatoms. The predicted molar refractivity (Wildman–Crippen MR) is 113 cm³/mol. The first-order valence-electron chi connectivity index (χ1n) is 9.78. The van der Waals surface area contributed by atoms with Crippen LogP contribution in [0.1, 0.15) is 12.0 Å². The second kappa shape index (κ2) is 10.2. The topological polar surface area (TPSA) is 88.5 Å². The number of amides is 2. The second-order valence-electron chi connectivity index (χ2n) is 6.89. The molecule has 2 aromatic rings. The van der Waals surface area contributed by atoms with Gasteiger partial charge in [0.25, 0.3) is 0 Å². The van der Waals surface area contributed by atoms with Gasteiger partial charge in [-0.15, -0.1) is 0 Å². The van der Waals surface area contributed by atoms with Gasteiger partial charge in [-0.2, -0.15) is 5.26 Å². The molecule has 0 aliphatic carbocycles. The van der Waals surface area contributed by atoms with E-state index in [1.807, 2.05) is 12.1 Å². The molecule has 3 rings (SSSR count). The highest BCUT2D eigenvalue weighted by Gasteiger charge is 2.17. The molecule has 0 aromatic heterocycles. The summed E-state index contributed by atoms with van der Waals surface area (Å²) in [5.74, 6) is -1.45. The highest BCUT2D eigenvalue weighted by Crippen LogP contribution is 2.15. The number of nitrogens with zero attached hydrogens (tertiary/aromatic N) is 3. The maximum atomic E-state index is 12.0. The Hall–Kier alpha value is -3.37. The van der Waals surface area contributed by atoms with E-state index in [1.165, 1.54) is 5.69 Å². The van der Waals surface area contributed by atoms with Gasteiger partial charge in [0.2, 0.25) is 0 Å². The minimum absolute atomic E-state index is 0.322. The third kappa shape index (κ3) is 5.80.